The molecule has 1 saturated carbocycles. The first kappa shape index (κ1) is 19.7. The third-order valence-corrected chi connectivity index (χ3v) is 6.01. The molecule has 8 nitrogen and oxygen atoms in total. The van der Waals surface area contributed by atoms with Crippen LogP contribution in [0.2, 0.25) is 0 Å². The minimum absolute atomic E-state index is 0.294. The van der Waals surface area contributed by atoms with Gasteiger partial charge in [0.2, 0.25) is 11.8 Å². The monoisotopic (exact) mass is 427 g/mol. The first-order chi connectivity index (χ1) is 15.4. The fraction of sp³-hybridized carbons (Fsp3) is 0.167. The van der Waals surface area contributed by atoms with Gasteiger partial charge in [-0.05, 0) is 60.9 Å². The van der Waals surface area contributed by atoms with E-state index in [1.807, 2.05) is 43.5 Å². The van der Waals surface area contributed by atoms with Crippen LogP contribution >= 0.6 is 0 Å². The molecule has 1 aliphatic rings. The van der Waals surface area contributed by atoms with E-state index >= 15 is 0 Å². The fourth-order valence-electron chi connectivity index (χ4n) is 4.12. The van der Waals surface area contributed by atoms with Gasteiger partial charge < -0.3 is 16.2 Å². The number of primary amides is 2. The van der Waals surface area contributed by atoms with E-state index in [0.29, 0.717) is 17.9 Å². The van der Waals surface area contributed by atoms with Gasteiger partial charge in [0.05, 0.1) is 17.4 Å². The zero-order valence-electron chi connectivity index (χ0n) is 17.4. The van der Waals surface area contributed by atoms with Gasteiger partial charge >= 0.3 is 0 Å². The molecule has 0 saturated heterocycles. The second kappa shape index (κ2) is 7.19. The van der Waals surface area contributed by atoms with Crippen LogP contribution in [0.15, 0.2) is 67.1 Å². The van der Waals surface area contributed by atoms with Crippen molar-refractivity contribution in [2.75, 3.05) is 0 Å². The SMILES string of the molecule is Cc1cnn(-c2ccc3c(Oc4ccc(C5CC5(C(N)=O)C(N)=O)cc4)ccnc3c2)c1. The van der Waals surface area contributed by atoms with E-state index in [2.05, 4.69) is 10.1 Å². The third-order valence-electron chi connectivity index (χ3n) is 6.01. The molecule has 1 fully saturated rings. The molecule has 2 amide bonds. The Morgan fingerprint density at radius 1 is 1.09 bits per heavy atom. The van der Waals surface area contributed by atoms with Gasteiger partial charge in [-0.25, -0.2) is 4.68 Å². The van der Waals surface area contributed by atoms with Crippen LogP contribution in [0.4, 0.5) is 0 Å². The van der Waals surface area contributed by atoms with Gasteiger partial charge in [0.25, 0.3) is 0 Å². The van der Waals surface area contributed by atoms with Crippen molar-refractivity contribution in [3.05, 3.63) is 78.2 Å². The van der Waals surface area contributed by atoms with Crippen molar-refractivity contribution in [3.63, 3.8) is 0 Å². The number of hydrogen-bond acceptors (Lipinski definition) is 5. The van der Waals surface area contributed by atoms with Gasteiger partial charge in [0.15, 0.2) is 0 Å². The number of nitrogens with zero attached hydrogens (tertiary/aromatic N) is 3. The molecule has 4 N–H and O–H groups in total. The van der Waals surface area contributed by atoms with Gasteiger partial charge in [-0.15, -0.1) is 0 Å². The van der Waals surface area contributed by atoms with E-state index in [1.165, 1.54) is 0 Å². The third kappa shape index (κ3) is 3.17. The second-order valence-corrected chi connectivity index (χ2v) is 8.10. The molecule has 5 rings (SSSR count). The molecule has 4 aromatic rings. The first-order valence-corrected chi connectivity index (χ1v) is 10.2. The Balaban J connectivity index is 1.39. The number of carbonyl (C=O) groups is 2. The van der Waals surface area contributed by atoms with Crippen molar-refractivity contribution < 1.29 is 14.3 Å². The molecular weight excluding hydrogens is 406 g/mol. The number of pyridine rings is 1. The van der Waals surface area contributed by atoms with Gasteiger partial charge in [0.1, 0.15) is 16.9 Å². The summed E-state index contributed by atoms with van der Waals surface area (Å²) in [5.41, 5.74) is 13.2. The van der Waals surface area contributed by atoms with E-state index in [-0.39, 0.29) is 5.92 Å². The summed E-state index contributed by atoms with van der Waals surface area (Å²) in [5.74, 6) is -0.359. The van der Waals surface area contributed by atoms with Gasteiger partial charge in [0, 0.05) is 23.7 Å². The lowest BCUT2D eigenvalue weighted by molar-refractivity contribution is -0.133. The standard InChI is InChI=1S/C24H21N5O3/c1-14-12-28-29(13-14)16-4-7-18-20(10-16)27-9-8-21(18)32-17-5-2-15(3-6-17)19-11-24(19,22(25)30)23(26)31/h2-10,12-13,19H,11H2,1H3,(H2,25,30)(H2,26,31). The van der Waals surface area contributed by atoms with E-state index < -0.39 is 17.2 Å². The van der Waals surface area contributed by atoms with Crippen LogP contribution in [0, 0.1) is 12.3 Å². The summed E-state index contributed by atoms with van der Waals surface area (Å²) >= 11 is 0. The summed E-state index contributed by atoms with van der Waals surface area (Å²) in [6, 6.07) is 14.9. The molecule has 32 heavy (non-hydrogen) atoms. The van der Waals surface area contributed by atoms with Crippen molar-refractivity contribution >= 4 is 22.7 Å². The number of fused-ring (bicyclic) bond motifs is 1. The van der Waals surface area contributed by atoms with Crippen LogP contribution in [-0.2, 0) is 9.59 Å². The number of aryl methyl sites for hydroxylation is 1. The molecular formula is C24H21N5O3. The summed E-state index contributed by atoms with van der Waals surface area (Å²) < 4.78 is 7.90. The predicted octanol–water partition coefficient (Wildman–Crippen LogP) is 2.97. The second-order valence-electron chi connectivity index (χ2n) is 8.10. The van der Waals surface area contributed by atoms with E-state index in [9.17, 15) is 9.59 Å². The highest BCUT2D eigenvalue weighted by Crippen LogP contribution is 2.59. The average Bonchev–Trinajstić information content (AvgIpc) is 3.42. The van der Waals surface area contributed by atoms with Gasteiger partial charge in [-0.2, -0.15) is 5.10 Å². The minimum atomic E-state index is -1.28. The quantitative estimate of drug-likeness (QED) is 0.458. The minimum Gasteiger partial charge on any atom is -0.457 e. The molecule has 2 aromatic carbocycles. The number of nitrogens with two attached hydrogens (primary N) is 2. The molecule has 160 valence electrons. The Morgan fingerprint density at radius 2 is 1.84 bits per heavy atom. The van der Waals surface area contributed by atoms with Crippen LogP contribution in [0.5, 0.6) is 11.5 Å². The van der Waals surface area contributed by atoms with Crippen molar-refractivity contribution in [1.29, 1.82) is 0 Å². The van der Waals surface area contributed by atoms with Crippen LogP contribution < -0.4 is 16.2 Å². The fourth-order valence-corrected chi connectivity index (χ4v) is 4.12. The highest BCUT2D eigenvalue weighted by molar-refractivity contribution is 6.08. The maximum absolute atomic E-state index is 11.7. The highest BCUT2D eigenvalue weighted by Gasteiger charge is 2.64. The lowest BCUT2D eigenvalue weighted by Crippen LogP contribution is -2.38. The first-order valence-electron chi connectivity index (χ1n) is 10.2. The van der Waals surface area contributed by atoms with E-state index in [4.69, 9.17) is 16.2 Å². The number of aromatic nitrogens is 3. The number of ether oxygens (including phenoxy) is 1. The molecule has 0 spiro atoms. The normalized spacial score (nSPS) is 16.6. The molecule has 1 aliphatic carbocycles. The Labute approximate surface area is 183 Å². The molecule has 2 aromatic heterocycles. The Kier molecular flexibility index (Phi) is 4.44. The van der Waals surface area contributed by atoms with Crippen molar-refractivity contribution in [3.8, 4) is 17.2 Å². The zero-order chi connectivity index (χ0) is 22.5. The molecule has 0 aliphatic heterocycles. The predicted molar refractivity (Wildman–Crippen MR) is 118 cm³/mol. The number of benzene rings is 2. The molecule has 1 atom stereocenters. The van der Waals surface area contributed by atoms with Crippen LogP contribution in [0.3, 0.4) is 0 Å². The summed E-state index contributed by atoms with van der Waals surface area (Å²) in [5, 5.41) is 5.21. The van der Waals surface area contributed by atoms with Crippen molar-refractivity contribution in [2.24, 2.45) is 16.9 Å². The molecule has 1 unspecified atom stereocenters. The van der Waals surface area contributed by atoms with E-state index in [1.54, 1.807) is 35.3 Å². The number of rotatable bonds is 6. The average molecular weight is 427 g/mol. The maximum Gasteiger partial charge on any atom is 0.233 e. The number of amides is 2. The van der Waals surface area contributed by atoms with Gasteiger partial charge in [-0.1, -0.05) is 12.1 Å². The summed E-state index contributed by atoms with van der Waals surface area (Å²) in [4.78, 5) is 27.9. The Hall–Kier alpha value is -4.20. The number of carbonyl (C=O) groups excluding carboxylic acids is 2. The zero-order valence-corrected chi connectivity index (χ0v) is 17.4. The van der Waals surface area contributed by atoms with Crippen molar-refractivity contribution in [1.82, 2.24) is 14.8 Å². The van der Waals surface area contributed by atoms with Crippen LogP contribution in [-0.4, -0.2) is 26.6 Å². The molecule has 0 bridgehead atoms. The summed E-state index contributed by atoms with van der Waals surface area (Å²) in [7, 11) is 0. The smallest absolute Gasteiger partial charge is 0.233 e. The van der Waals surface area contributed by atoms with Gasteiger partial charge in [-0.3, -0.25) is 14.6 Å². The van der Waals surface area contributed by atoms with E-state index in [0.717, 1.165) is 27.7 Å². The Morgan fingerprint density at radius 3 is 2.47 bits per heavy atom. The molecule has 2 heterocycles. The molecule has 0 radical (unpaired) electrons. The lowest BCUT2D eigenvalue weighted by Gasteiger charge is -2.11. The molecule has 8 heteroatoms. The number of hydrogen-bond donors (Lipinski definition) is 2. The van der Waals surface area contributed by atoms with Crippen LogP contribution in [0.25, 0.3) is 16.6 Å². The summed E-state index contributed by atoms with van der Waals surface area (Å²) in [6.45, 7) is 1.99. The summed E-state index contributed by atoms with van der Waals surface area (Å²) in [6.07, 6.45) is 5.79. The topological polar surface area (TPSA) is 126 Å². The lowest BCUT2D eigenvalue weighted by atomic mass is 9.97. The largest absolute Gasteiger partial charge is 0.457 e. The Bertz CT molecular complexity index is 1350. The highest BCUT2D eigenvalue weighted by atomic mass is 16.5. The maximum atomic E-state index is 11.7. The van der Waals surface area contributed by atoms with Crippen LogP contribution in [0.1, 0.15) is 23.5 Å². The van der Waals surface area contributed by atoms with Crippen molar-refractivity contribution in [2.45, 2.75) is 19.3 Å².